The summed E-state index contributed by atoms with van der Waals surface area (Å²) in [5.41, 5.74) is 2.68. The molecule has 0 spiro atoms. The van der Waals surface area contributed by atoms with Crippen LogP contribution in [0.5, 0.6) is 5.75 Å². The summed E-state index contributed by atoms with van der Waals surface area (Å²) >= 11 is 0. The van der Waals surface area contributed by atoms with Crippen LogP contribution in [-0.4, -0.2) is 10.9 Å². The molecule has 0 aliphatic heterocycles. The molecule has 0 aliphatic carbocycles. The quantitative estimate of drug-likeness (QED) is 0.361. The molecule has 0 radical (unpaired) electrons. The number of benzene rings is 5. The Morgan fingerprint density at radius 2 is 1.10 bits per heavy atom. The Labute approximate surface area is 168 Å². The summed E-state index contributed by atoms with van der Waals surface area (Å²) in [6.07, 6.45) is 0. The van der Waals surface area contributed by atoms with E-state index in [-0.39, 0.29) is 11.5 Å². The Balaban J connectivity index is 1.91. The molecule has 0 aliphatic rings. The first-order chi connectivity index (χ1) is 14.2. The van der Waals surface area contributed by atoms with Gasteiger partial charge in [0.25, 0.3) is 0 Å². The first-order valence-electron chi connectivity index (χ1n) is 9.56. The molecule has 0 saturated carbocycles. The van der Waals surface area contributed by atoms with Crippen molar-refractivity contribution < 1.29 is 9.90 Å². The highest BCUT2D eigenvalue weighted by Crippen LogP contribution is 2.42. The predicted molar refractivity (Wildman–Crippen MR) is 118 cm³/mol. The largest absolute Gasteiger partial charge is 0.507 e. The molecule has 0 aromatic heterocycles. The summed E-state index contributed by atoms with van der Waals surface area (Å²) in [7, 11) is 0. The molecule has 2 heteroatoms. The fraction of sp³-hybridized carbons (Fsp3) is 0. The molecule has 1 N–H and O–H groups in total. The molecule has 2 nitrogen and oxygen atoms in total. The zero-order valence-electron chi connectivity index (χ0n) is 15.7. The van der Waals surface area contributed by atoms with Crippen LogP contribution in [0, 0.1) is 0 Å². The van der Waals surface area contributed by atoms with Crippen LogP contribution >= 0.6 is 0 Å². The van der Waals surface area contributed by atoms with Gasteiger partial charge in [0.05, 0.1) is 0 Å². The van der Waals surface area contributed by atoms with Crippen molar-refractivity contribution in [1.29, 1.82) is 0 Å². The number of hydrogen-bond donors (Lipinski definition) is 1. The summed E-state index contributed by atoms with van der Waals surface area (Å²) in [5, 5.41) is 14.8. The van der Waals surface area contributed by atoms with E-state index in [0.717, 1.165) is 27.1 Å². The molecule has 0 amide bonds. The molecule has 5 rings (SSSR count). The Kier molecular flexibility index (Phi) is 4.10. The van der Waals surface area contributed by atoms with Crippen LogP contribution in [0.4, 0.5) is 0 Å². The minimum absolute atomic E-state index is 0.0568. The summed E-state index contributed by atoms with van der Waals surface area (Å²) in [6, 6.07) is 32.6. The number of carbonyl (C=O) groups is 1. The van der Waals surface area contributed by atoms with E-state index in [0.29, 0.717) is 16.7 Å². The predicted octanol–water partition coefficient (Wildman–Crippen LogP) is 6.60. The van der Waals surface area contributed by atoms with Gasteiger partial charge >= 0.3 is 0 Å². The van der Waals surface area contributed by atoms with Gasteiger partial charge < -0.3 is 5.11 Å². The lowest BCUT2D eigenvalue weighted by molar-refractivity contribution is 0.103. The molecule has 5 aromatic rings. The molecule has 0 heterocycles. The fourth-order valence-electron chi connectivity index (χ4n) is 4.00. The maximum atomic E-state index is 13.4. The number of ketones is 1. The maximum Gasteiger partial charge on any atom is 0.193 e. The van der Waals surface area contributed by atoms with E-state index >= 15 is 0 Å². The molecule has 0 bridgehead atoms. The van der Waals surface area contributed by atoms with Gasteiger partial charge in [-0.1, -0.05) is 91.0 Å². The third-order valence-electron chi connectivity index (χ3n) is 5.37. The van der Waals surface area contributed by atoms with E-state index in [4.69, 9.17) is 0 Å². The van der Waals surface area contributed by atoms with Crippen LogP contribution < -0.4 is 0 Å². The Bertz CT molecular complexity index is 1370. The molecule has 5 aromatic carbocycles. The van der Waals surface area contributed by atoms with Crippen LogP contribution in [0.15, 0.2) is 103 Å². The van der Waals surface area contributed by atoms with Crippen LogP contribution in [0.1, 0.15) is 15.9 Å². The third kappa shape index (κ3) is 2.86. The highest BCUT2D eigenvalue weighted by Gasteiger charge is 2.21. The number of carbonyl (C=O) groups excluding carboxylic acids is 1. The normalized spacial score (nSPS) is 11.0. The number of phenolic OH excluding ortho intramolecular Hbond substituents is 1. The van der Waals surface area contributed by atoms with Gasteiger partial charge in [0.1, 0.15) is 5.75 Å². The van der Waals surface area contributed by atoms with Gasteiger partial charge in [-0.3, -0.25) is 4.79 Å². The fourth-order valence-corrected chi connectivity index (χ4v) is 4.00. The van der Waals surface area contributed by atoms with Crippen molar-refractivity contribution in [1.82, 2.24) is 0 Å². The first kappa shape index (κ1) is 17.2. The van der Waals surface area contributed by atoms with Gasteiger partial charge in [-0.2, -0.15) is 0 Å². The average molecular weight is 374 g/mol. The molecule has 0 atom stereocenters. The number of fused-ring (bicyclic) bond motifs is 2. The highest BCUT2D eigenvalue weighted by molar-refractivity contribution is 6.20. The van der Waals surface area contributed by atoms with Crippen LogP contribution in [0.2, 0.25) is 0 Å². The zero-order valence-corrected chi connectivity index (χ0v) is 15.7. The van der Waals surface area contributed by atoms with Crippen molar-refractivity contribution in [2.75, 3.05) is 0 Å². The van der Waals surface area contributed by atoms with Crippen molar-refractivity contribution >= 4 is 27.3 Å². The van der Waals surface area contributed by atoms with Crippen molar-refractivity contribution in [3.8, 4) is 16.9 Å². The van der Waals surface area contributed by atoms with Gasteiger partial charge in [-0.05, 0) is 33.7 Å². The monoisotopic (exact) mass is 374 g/mol. The molecule has 0 unspecified atom stereocenters. The topological polar surface area (TPSA) is 37.3 Å². The third-order valence-corrected chi connectivity index (χ3v) is 5.37. The number of rotatable bonds is 3. The molecule has 138 valence electrons. The maximum absolute atomic E-state index is 13.4. The van der Waals surface area contributed by atoms with E-state index in [1.807, 2.05) is 97.1 Å². The summed E-state index contributed by atoms with van der Waals surface area (Å²) < 4.78 is 0. The lowest BCUT2D eigenvalue weighted by Crippen LogP contribution is -2.04. The van der Waals surface area contributed by atoms with Crippen LogP contribution in [0.25, 0.3) is 32.7 Å². The molecule has 0 saturated heterocycles. The first-order valence-corrected chi connectivity index (χ1v) is 9.56. The summed E-state index contributed by atoms with van der Waals surface area (Å²) in [6.45, 7) is 0. The standard InChI is InChI=1S/C27H18O2/c28-24-17-15-19-9-5-7-13-22(19)26(24)25-21-12-6-4-8-18(21)14-16-23(25)27(29)20-10-2-1-3-11-20/h1-17,28H. The second kappa shape index (κ2) is 6.92. The van der Waals surface area contributed by atoms with Crippen LogP contribution in [-0.2, 0) is 0 Å². The lowest BCUT2D eigenvalue weighted by Gasteiger charge is -2.16. The van der Waals surface area contributed by atoms with E-state index in [1.54, 1.807) is 6.07 Å². The zero-order chi connectivity index (χ0) is 19.8. The van der Waals surface area contributed by atoms with Gasteiger partial charge in [0.15, 0.2) is 5.78 Å². The van der Waals surface area contributed by atoms with E-state index in [9.17, 15) is 9.90 Å². The SMILES string of the molecule is O=C(c1ccccc1)c1ccc2ccccc2c1-c1c(O)ccc2ccccc12. The van der Waals surface area contributed by atoms with E-state index in [1.165, 1.54) is 0 Å². The van der Waals surface area contributed by atoms with Crippen molar-refractivity contribution in [2.24, 2.45) is 0 Å². The minimum Gasteiger partial charge on any atom is -0.507 e. The van der Waals surface area contributed by atoms with Gasteiger partial charge in [-0.25, -0.2) is 0 Å². The minimum atomic E-state index is -0.0568. The second-order valence-electron chi connectivity index (χ2n) is 7.09. The van der Waals surface area contributed by atoms with Crippen LogP contribution in [0.3, 0.4) is 0 Å². The second-order valence-corrected chi connectivity index (χ2v) is 7.09. The highest BCUT2D eigenvalue weighted by atomic mass is 16.3. The number of hydrogen-bond acceptors (Lipinski definition) is 2. The smallest absolute Gasteiger partial charge is 0.193 e. The van der Waals surface area contributed by atoms with Crippen molar-refractivity contribution in [2.45, 2.75) is 0 Å². The molecular weight excluding hydrogens is 356 g/mol. The Hall–Kier alpha value is -3.91. The summed E-state index contributed by atoms with van der Waals surface area (Å²) in [5.74, 6) is 0.112. The van der Waals surface area contributed by atoms with Gasteiger partial charge in [0, 0.05) is 22.3 Å². The van der Waals surface area contributed by atoms with Gasteiger partial charge in [0.2, 0.25) is 0 Å². The summed E-state index contributed by atoms with van der Waals surface area (Å²) in [4.78, 5) is 13.4. The number of phenols is 1. The number of aromatic hydroxyl groups is 1. The van der Waals surface area contributed by atoms with Gasteiger partial charge in [-0.15, -0.1) is 0 Å². The van der Waals surface area contributed by atoms with E-state index < -0.39 is 0 Å². The molecule has 29 heavy (non-hydrogen) atoms. The van der Waals surface area contributed by atoms with E-state index in [2.05, 4.69) is 0 Å². The Morgan fingerprint density at radius 1 is 0.552 bits per heavy atom. The molecule has 0 fully saturated rings. The molecular formula is C27H18O2. The Morgan fingerprint density at radius 3 is 1.79 bits per heavy atom. The average Bonchev–Trinajstić information content (AvgIpc) is 2.79. The van der Waals surface area contributed by atoms with Crippen molar-refractivity contribution in [3.63, 3.8) is 0 Å². The van der Waals surface area contributed by atoms with Crippen molar-refractivity contribution in [3.05, 3.63) is 114 Å². The lowest BCUT2D eigenvalue weighted by atomic mass is 9.87.